The largest absolute Gasteiger partial charge is 0.488 e. The van der Waals surface area contributed by atoms with Crippen molar-refractivity contribution in [2.45, 2.75) is 13.2 Å². The fourth-order valence-electron chi connectivity index (χ4n) is 5.21. The van der Waals surface area contributed by atoms with Gasteiger partial charge in [-0.2, -0.15) is 0 Å². The lowest BCUT2D eigenvalue weighted by atomic mass is 10.2. The molecule has 0 bridgehead atoms. The van der Waals surface area contributed by atoms with E-state index in [1.165, 1.54) is 0 Å². The smallest absolute Gasteiger partial charge is 0.142 e. The summed E-state index contributed by atoms with van der Waals surface area (Å²) in [5.74, 6) is 3.32. The van der Waals surface area contributed by atoms with Gasteiger partial charge in [0.05, 0.1) is 33.2 Å². The molecule has 0 radical (unpaired) electrons. The fraction of sp³-hybridized carbons (Fsp3) is 0.0500. The topological polar surface area (TPSA) is 75.8 Å². The quantitative estimate of drug-likeness (QED) is 0.182. The van der Waals surface area contributed by atoms with E-state index in [9.17, 15) is 0 Å². The molecule has 2 aromatic heterocycles. The maximum atomic E-state index is 6.01. The second-order valence-corrected chi connectivity index (χ2v) is 10.7. The second kappa shape index (κ2) is 13.7. The number of fused-ring (bicyclic) bond motifs is 2. The van der Waals surface area contributed by atoms with Gasteiger partial charge in [0.1, 0.15) is 36.4 Å². The van der Waals surface area contributed by atoms with Gasteiger partial charge in [-0.3, -0.25) is 0 Å². The number of nitrogens with one attached hydrogen (secondary N) is 2. The molecule has 2 heterocycles. The molecule has 0 atom stereocenters. The Morgan fingerprint density at radius 1 is 0.391 bits per heavy atom. The predicted octanol–water partition coefficient (Wildman–Crippen LogP) is 9.62. The first-order valence-electron chi connectivity index (χ1n) is 15.2. The van der Waals surface area contributed by atoms with Crippen LogP contribution < -0.4 is 9.47 Å². The lowest BCUT2D eigenvalue weighted by Crippen LogP contribution is -1.97. The minimum absolute atomic E-state index is 0.540. The molecule has 6 nitrogen and oxygen atoms in total. The number of nitrogens with zero attached hydrogens (tertiary/aromatic N) is 2. The van der Waals surface area contributed by atoms with E-state index in [0.29, 0.717) is 13.2 Å². The van der Waals surface area contributed by atoms with E-state index >= 15 is 0 Å². The molecule has 8 rings (SSSR count). The van der Waals surface area contributed by atoms with Crippen molar-refractivity contribution in [3.05, 3.63) is 169 Å². The average molecular weight is 601 g/mol. The zero-order chi connectivity index (χ0) is 31.0. The first-order valence-corrected chi connectivity index (χ1v) is 15.2. The number of hydrogen-bond donors (Lipinski definition) is 2. The number of imidazole rings is 2. The number of ether oxygens (including phenoxy) is 2. The first-order chi connectivity index (χ1) is 22.8. The number of benzene rings is 6. The monoisotopic (exact) mass is 600 g/mol. The summed E-state index contributed by atoms with van der Waals surface area (Å²) in [7, 11) is 0. The van der Waals surface area contributed by atoms with Crippen molar-refractivity contribution in [1.82, 2.24) is 19.9 Å². The van der Waals surface area contributed by atoms with E-state index in [1.54, 1.807) is 0 Å². The standard InChI is InChI=1S/2C20H16N2O/c2*1-2-8-15(9-3-1)14-23-19-13-7-4-10-16(19)20-21-17-11-5-6-12-18(17)22-20/h2*1-13H,14H2,(H,21,22). The summed E-state index contributed by atoms with van der Waals surface area (Å²) in [4.78, 5) is 16.0. The van der Waals surface area contributed by atoms with Crippen LogP contribution in [0.15, 0.2) is 158 Å². The van der Waals surface area contributed by atoms with Gasteiger partial charge in [0.15, 0.2) is 0 Å². The number of aromatic amines is 2. The Morgan fingerprint density at radius 3 is 1.20 bits per heavy atom. The highest BCUT2D eigenvalue weighted by atomic mass is 16.5. The average Bonchev–Trinajstić information content (AvgIpc) is 3.76. The van der Waals surface area contributed by atoms with Gasteiger partial charge in [-0.1, -0.05) is 109 Å². The summed E-state index contributed by atoms with van der Waals surface area (Å²) in [5, 5.41) is 0. The van der Waals surface area contributed by atoms with Crippen molar-refractivity contribution in [3.63, 3.8) is 0 Å². The Balaban J connectivity index is 0.000000147. The molecule has 0 saturated carbocycles. The van der Waals surface area contributed by atoms with Crippen LogP contribution in [0.1, 0.15) is 11.1 Å². The molecular weight excluding hydrogens is 568 g/mol. The van der Waals surface area contributed by atoms with Crippen LogP contribution in [0, 0.1) is 0 Å². The van der Waals surface area contributed by atoms with Crippen molar-refractivity contribution < 1.29 is 9.47 Å². The minimum Gasteiger partial charge on any atom is -0.488 e. The first kappa shape index (κ1) is 28.6. The Kier molecular flexibility index (Phi) is 8.50. The van der Waals surface area contributed by atoms with Gasteiger partial charge >= 0.3 is 0 Å². The van der Waals surface area contributed by atoms with Gasteiger partial charge < -0.3 is 19.4 Å². The molecule has 0 aliphatic carbocycles. The summed E-state index contributed by atoms with van der Waals surface area (Å²) in [6.07, 6.45) is 0. The lowest BCUT2D eigenvalue weighted by Gasteiger charge is -2.10. The summed E-state index contributed by atoms with van der Waals surface area (Å²) in [6.45, 7) is 1.08. The van der Waals surface area contributed by atoms with Crippen molar-refractivity contribution >= 4 is 22.1 Å². The van der Waals surface area contributed by atoms with E-state index in [-0.39, 0.29) is 0 Å². The van der Waals surface area contributed by atoms with E-state index in [2.05, 4.69) is 44.2 Å². The summed E-state index contributed by atoms with van der Waals surface area (Å²) < 4.78 is 12.0. The molecule has 0 aliphatic rings. The second-order valence-electron chi connectivity index (χ2n) is 10.7. The highest BCUT2D eigenvalue weighted by Gasteiger charge is 2.12. The molecule has 0 aliphatic heterocycles. The highest BCUT2D eigenvalue weighted by molar-refractivity contribution is 5.81. The van der Waals surface area contributed by atoms with E-state index in [0.717, 1.165) is 67.5 Å². The fourth-order valence-corrected chi connectivity index (χ4v) is 5.21. The predicted molar refractivity (Wildman–Crippen MR) is 185 cm³/mol. The number of rotatable bonds is 8. The third-order valence-electron chi connectivity index (χ3n) is 7.54. The molecule has 0 saturated heterocycles. The Morgan fingerprint density at radius 2 is 0.761 bits per heavy atom. The summed E-state index contributed by atoms with van der Waals surface area (Å²) >= 11 is 0. The molecular formula is C40H32N4O2. The van der Waals surface area contributed by atoms with Gasteiger partial charge in [-0.25, -0.2) is 9.97 Å². The minimum atomic E-state index is 0.540. The molecule has 0 fully saturated rings. The van der Waals surface area contributed by atoms with E-state index < -0.39 is 0 Å². The Labute approximate surface area is 267 Å². The van der Waals surface area contributed by atoms with Crippen LogP contribution in [0.4, 0.5) is 0 Å². The number of hydrogen-bond acceptors (Lipinski definition) is 4. The molecule has 0 unspecified atom stereocenters. The van der Waals surface area contributed by atoms with E-state index in [1.807, 2.05) is 133 Å². The lowest BCUT2D eigenvalue weighted by molar-refractivity contribution is 0.307. The van der Waals surface area contributed by atoms with Crippen molar-refractivity contribution in [2.24, 2.45) is 0 Å². The van der Waals surface area contributed by atoms with Crippen LogP contribution in [0.5, 0.6) is 11.5 Å². The molecule has 0 spiro atoms. The molecule has 224 valence electrons. The summed E-state index contributed by atoms with van der Waals surface area (Å²) in [5.41, 5.74) is 8.21. The zero-order valence-electron chi connectivity index (χ0n) is 25.1. The molecule has 2 N–H and O–H groups in total. The summed E-state index contributed by atoms with van der Waals surface area (Å²) in [6, 6.07) is 52.3. The maximum absolute atomic E-state index is 6.01. The van der Waals surface area contributed by atoms with Crippen LogP contribution >= 0.6 is 0 Å². The Hall–Kier alpha value is -6.14. The van der Waals surface area contributed by atoms with Gasteiger partial charge in [-0.15, -0.1) is 0 Å². The molecule has 8 aromatic rings. The van der Waals surface area contributed by atoms with Gasteiger partial charge in [-0.05, 0) is 59.7 Å². The highest BCUT2D eigenvalue weighted by Crippen LogP contribution is 2.31. The van der Waals surface area contributed by atoms with Crippen molar-refractivity contribution in [1.29, 1.82) is 0 Å². The third-order valence-corrected chi connectivity index (χ3v) is 7.54. The maximum Gasteiger partial charge on any atom is 0.142 e. The third kappa shape index (κ3) is 6.66. The molecule has 6 aromatic carbocycles. The van der Waals surface area contributed by atoms with E-state index in [4.69, 9.17) is 9.47 Å². The van der Waals surface area contributed by atoms with Gasteiger partial charge in [0.25, 0.3) is 0 Å². The number of H-pyrrole nitrogens is 2. The normalized spacial score (nSPS) is 10.8. The molecule has 46 heavy (non-hydrogen) atoms. The van der Waals surface area contributed by atoms with Crippen LogP contribution in [-0.4, -0.2) is 19.9 Å². The molecule has 0 amide bonds. The van der Waals surface area contributed by atoms with Crippen LogP contribution in [0.2, 0.25) is 0 Å². The van der Waals surface area contributed by atoms with Crippen LogP contribution in [0.3, 0.4) is 0 Å². The number of aromatic nitrogens is 4. The van der Waals surface area contributed by atoms with Crippen LogP contribution in [0.25, 0.3) is 44.8 Å². The SMILES string of the molecule is c1ccc(COc2ccccc2-c2nc3ccccc3[nH]2)cc1.c1ccc(COc2ccccc2-c2nc3ccccc3[nH]2)cc1. The van der Waals surface area contributed by atoms with Crippen molar-refractivity contribution in [2.75, 3.05) is 0 Å². The molecule has 6 heteroatoms. The van der Waals surface area contributed by atoms with Crippen molar-refractivity contribution in [3.8, 4) is 34.3 Å². The Bertz CT molecular complexity index is 1950. The van der Waals surface area contributed by atoms with Gasteiger partial charge in [0.2, 0.25) is 0 Å². The van der Waals surface area contributed by atoms with Gasteiger partial charge in [0, 0.05) is 0 Å². The number of para-hydroxylation sites is 6. The van der Waals surface area contributed by atoms with Crippen LogP contribution in [-0.2, 0) is 13.2 Å². The zero-order valence-corrected chi connectivity index (χ0v) is 25.1.